The average Bonchev–Trinajstić information content (AvgIpc) is 3.16. The Bertz CT molecular complexity index is 996. The first-order valence-corrected chi connectivity index (χ1v) is 21.8. The Balaban J connectivity index is 3.54. The van der Waals surface area contributed by atoms with E-state index in [1.165, 1.54) is 103 Å². The van der Waals surface area contributed by atoms with Crippen molar-refractivity contribution in [1.29, 1.82) is 0 Å². The van der Waals surface area contributed by atoms with E-state index >= 15 is 0 Å². The van der Waals surface area contributed by atoms with Crippen LogP contribution in [0.1, 0.15) is 181 Å². The van der Waals surface area contributed by atoms with Gasteiger partial charge < -0.3 is 14.6 Å². The van der Waals surface area contributed by atoms with Crippen LogP contribution in [-0.2, 0) is 14.3 Å². The maximum atomic E-state index is 12.1. The molecule has 0 aliphatic rings. The average molecular weight is 735 g/mol. The summed E-state index contributed by atoms with van der Waals surface area (Å²) >= 11 is 0. The SMILES string of the molecule is CC/C=C\C/C=C\C/C=C\C/C=C\C/C=C\CC(=O)OC(CO)COCCCCCCCCCCCCC/C=C\C/C=C\C/C=C\CCCCCCC. The highest BCUT2D eigenvalue weighted by Gasteiger charge is 2.12. The molecule has 1 atom stereocenters. The van der Waals surface area contributed by atoms with Crippen LogP contribution in [0.15, 0.2) is 97.2 Å². The van der Waals surface area contributed by atoms with Gasteiger partial charge in [-0.2, -0.15) is 0 Å². The van der Waals surface area contributed by atoms with E-state index in [1.54, 1.807) is 0 Å². The lowest BCUT2D eigenvalue weighted by Gasteiger charge is -2.15. The number of carbonyl (C=O) groups is 1. The molecule has 0 spiro atoms. The number of rotatable bonds is 39. The molecule has 0 amide bonds. The Hall–Kier alpha value is -2.69. The number of ether oxygens (including phenoxy) is 2. The fourth-order valence-corrected chi connectivity index (χ4v) is 5.70. The van der Waals surface area contributed by atoms with Gasteiger partial charge >= 0.3 is 5.97 Å². The third kappa shape index (κ3) is 43.6. The molecular formula is C49H82O4. The summed E-state index contributed by atoms with van der Waals surface area (Å²) in [6, 6.07) is 0. The van der Waals surface area contributed by atoms with Crippen molar-refractivity contribution in [2.24, 2.45) is 0 Å². The molecule has 53 heavy (non-hydrogen) atoms. The molecule has 4 nitrogen and oxygen atoms in total. The van der Waals surface area contributed by atoms with Gasteiger partial charge in [0.05, 0.1) is 19.6 Å². The zero-order valence-corrected chi connectivity index (χ0v) is 34.5. The molecule has 0 aromatic rings. The molecule has 0 bridgehead atoms. The summed E-state index contributed by atoms with van der Waals surface area (Å²) in [6.07, 6.45) is 65.0. The van der Waals surface area contributed by atoms with Crippen LogP contribution in [0.2, 0.25) is 0 Å². The predicted molar refractivity (Wildman–Crippen MR) is 232 cm³/mol. The van der Waals surface area contributed by atoms with Crippen LogP contribution >= 0.6 is 0 Å². The van der Waals surface area contributed by atoms with Crippen LogP contribution in [-0.4, -0.2) is 37.0 Å². The lowest BCUT2D eigenvalue weighted by molar-refractivity contribution is -0.153. The minimum absolute atomic E-state index is 0.206. The summed E-state index contributed by atoms with van der Waals surface area (Å²) in [6.45, 7) is 5.09. The third-order valence-corrected chi connectivity index (χ3v) is 8.93. The minimum Gasteiger partial charge on any atom is -0.457 e. The normalized spacial score (nSPS) is 13.3. The lowest BCUT2D eigenvalue weighted by Crippen LogP contribution is -2.27. The van der Waals surface area contributed by atoms with Gasteiger partial charge in [-0.1, -0.05) is 195 Å². The van der Waals surface area contributed by atoms with Crippen LogP contribution in [0, 0.1) is 0 Å². The maximum absolute atomic E-state index is 12.1. The Morgan fingerprint density at radius 3 is 1.28 bits per heavy atom. The largest absolute Gasteiger partial charge is 0.457 e. The smallest absolute Gasteiger partial charge is 0.310 e. The van der Waals surface area contributed by atoms with Crippen LogP contribution in [0.25, 0.3) is 0 Å². The number of aliphatic hydroxyl groups is 1. The van der Waals surface area contributed by atoms with Crippen molar-refractivity contribution in [1.82, 2.24) is 0 Å². The summed E-state index contributed by atoms with van der Waals surface area (Å²) in [7, 11) is 0. The van der Waals surface area contributed by atoms with Gasteiger partial charge in [0.1, 0.15) is 6.10 Å². The second kappa shape index (κ2) is 45.5. The van der Waals surface area contributed by atoms with E-state index in [0.717, 1.165) is 57.8 Å². The van der Waals surface area contributed by atoms with Crippen LogP contribution in [0.5, 0.6) is 0 Å². The molecule has 0 aromatic heterocycles. The maximum Gasteiger partial charge on any atom is 0.310 e. The van der Waals surface area contributed by atoms with Crippen molar-refractivity contribution < 1.29 is 19.4 Å². The highest BCUT2D eigenvalue weighted by atomic mass is 16.6. The van der Waals surface area contributed by atoms with Gasteiger partial charge in [-0.3, -0.25) is 4.79 Å². The van der Waals surface area contributed by atoms with E-state index in [1.807, 2.05) is 12.2 Å². The molecule has 1 unspecified atom stereocenters. The van der Waals surface area contributed by atoms with Gasteiger partial charge in [0.15, 0.2) is 0 Å². The Kier molecular flexibility index (Phi) is 43.2. The molecule has 1 N–H and O–H groups in total. The summed E-state index contributed by atoms with van der Waals surface area (Å²) < 4.78 is 11.1. The van der Waals surface area contributed by atoms with Crippen LogP contribution in [0.3, 0.4) is 0 Å². The van der Waals surface area contributed by atoms with Gasteiger partial charge in [0, 0.05) is 6.61 Å². The van der Waals surface area contributed by atoms with Gasteiger partial charge in [-0.15, -0.1) is 0 Å². The van der Waals surface area contributed by atoms with Crippen molar-refractivity contribution in [3.8, 4) is 0 Å². The van der Waals surface area contributed by atoms with Gasteiger partial charge in [-0.25, -0.2) is 0 Å². The van der Waals surface area contributed by atoms with E-state index in [9.17, 15) is 9.90 Å². The van der Waals surface area contributed by atoms with E-state index < -0.39 is 6.10 Å². The highest BCUT2D eigenvalue weighted by molar-refractivity contribution is 5.71. The quantitative estimate of drug-likeness (QED) is 0.0388. The lowest BCUT2D eigenvalue weighted by atomic mass is 10.1. The summed E-state index contributed by atoms with van der Waals surface area (Å²) in [5.74, 6) is -0.331. The first-order chi connectivity index (χ1) is 26.2. The van der Waals surface area contributed by atoms with Crippen molar-refractivity contribution in [2.45, 2.75) is 187 Å². The first-order valence-electron chi connectivity index (χ1n) is 21.8. The number of unbranched alkanes of at least 4 members (excludes halogenated alkanes) is 16. The van der Waals surface area contributed by atoms with E-state index in [2.05, 4.69) is 98.9 Å². The molecule has 0 radical (unpaired) electrons. The number of allylic oxidation sites excluding steroid dienone is 15. The summed E-state index contributed by atoms with van der Waals surface area (Å²) in [5.41, 5.74) is 0. The van der Waals surface area contributed by atoms with E-state index in [-0.39, 0.29) is 25.6 Å². The monoisotopic (exact) mass is 735 g/mol. The molecule has 0 aromatic carbocycles. The molecule has 302 valence electrons. The predicted octanol–water partition coefficient (Wildman–Crippen LogP) is 14.5. The minimum atomic E-state index is -0.596. The second-order valence-electron chi connectivity index (χ2n) is 14.0. The molecule has 0 saturated heterocycles. The molecule has 0 heterocycles. The molecular weight excluding hydrogens is 653 g/mol. The Morgan fingerprint density at radius 2 is 0.849 bits per heavy atom. The van der Waals surface area contributed by atoms with E-state index in [4.69, 9.17) is 9.47 Å². The summed E-state index contributed by atoms with van der Waals surface area (Å²) in [5, 5.41) is 9.58. The molecule has 0 saturated carbocycles. The number of hydrogen-bond donors (Lipinski definition) is 1. The number of hydrogen-bond acceptors (Lipinski definition) is 4. The van der Waals surface area contributed by atoms with Gasteiger partial charge in [0.25, 0.3) is 0 Å². The topological polar surface area (TPSA) is 55.8 Å². The zero-order valence-electron chi connectivity index (χ0n) is 34.5. The molecule has 4 heteroatoms. The highest BCUT2D eigenvalue weighted by Crippen LogP contribution is 2.13. The fourth-order valence-electron chi connectivity index (χ4n) is 5.70. The number of esters is 1. The standard InChI is InChI=1S/C49H82O4/c1-3-5-7-9-11-13-15-17-19-20-21-22-23-24-25-26-27-28-29-31-33-35-37-39-41-43-45-52-47-48(46-50)53-49(51)44-42-40-38-36-34-32-30-18-16-14-12-10-8-6-4-2/h6,8,12,14-15,17-18,20-21,23-24,30,34,36,40,42,48,50H,3-5,7,9-11,13,16,19,22,25-29,31-33,35,37-39,41,43-47H2,1-2H3/b8-6-,14-12-,17-15-,21-20-,24-23-,30-18-,36-34-,42-40-. The number of aliphatic hydroxyl groups excluding tert-OH is 1. The van der Waals surface area contributed by atoms with Gasteiger partial charge in [-0.05, 0) is 77.0 Å². The third-order valence-electron chi connectivity index (χ3n) is 8.93. The molecule has 0 rings (SSSR count). The van der Waals surface area contributed by atoms with Crippen molar-refractivity contribution in [2.75, 3.05) is 19.8 Å². The van der Waals surface area contributed by atoms with Crippen LogP contribution < -0.4 is 0 Å². The van der Waals surface area contributed by atoms with Crippen molar-refractivity contribution >= 4 is 5.97 Å². The van der Waals surface area contributed by atoms with Gasteiger partial charge in [0.2, 0.25) is 0 Å². The Labute approximate surface area is 328 Å². The number of carbonyl (C=O) groups excluding carboxylic acids is 1. The van der Waals surface area contributed by atoms with Crippen molar-refractivity contribution in [3.05, 3.63) is 97.2 Å². The van der Waals surface area contributed by atoms with Crippen LogP contribution in [0.4, 0.5) is 0 Å². The van der Waals surface area contributed by atoms with E-state index in [0.29, 0.717) is 6.61 Å². The first kappa shape index (κ1) is 50.3. The Morgan fingerprint density at radius 1 is 0.472 bits per heavy atom. The van der Waals surface area contributed by atoms with Crippen molar-refractivity contribution in [3.63, 3.8) is 0 Å². The fraction of sp³-hybridized carbons (Fsp3) is 0.653. The summed E-state index contributed by atoms with van der Waals surface area (Å²) in [4.78, 5) is 12.1. The zero-order chi connectivity index (χ0) is 38.4. The molecule has 0 aliphatic heterocycles. The second-order valence-corrected chi connectivity index (χ2v) is 14.0. The molecule has 0 aliphatic carbocycles. The molecule has 0 fully saturated rings.